The van der Waals surface area contributed by atoms with Gasteiger partial charge in [0.25, 0.3) is 0 Å². The van der Waals surface area contributed by atoms with Gasteiger partial charge in [-0.2, -0.15) is 4.98 Å². The molecule has 0 atom stereocenters. The van der Waals surface area contributed by atoms with Gasteiger partial charge < -0.3 is 10.6 Å². The molecule has 140 valence electrons. The Hall–Kier alpha value is -2.24. The van der Waals surface area contributed by atoms with E-state index in [0.29, 0.717) is 43.2 Å². The SMILES string of the molecule is Clc1cc(Cl)cc(Nc2nc(Nc3ccc(Cl)cc3Cl)c3ccccc3n2)c1. The number of benzene rings is 3. The van der Waals surface area contributed by atoms with E-state index < -0.39 is 0 Å². The highest BCUT2D eigenvalue weighted by Gasteiger charge is 2.11. The van der Waals surface area contributed by atoms with Crippen LogP contribution in [0, 0.1) is 0 Å². The summed E-state index contributed by atoms with van der Waals surface area (Å²) in [6.07, 6.45) is 0. The van der Waals surface area contributed by atoms with Crippen molar-refractivity contribution in [3.8, 4) is 0 Å². The molecule has 2 N–H and O–H groups in total. The molecule has 0 fully saturated rings. The van der Waals surface area contributed by atoms with Gasteiger partial charge in [-0.3, -0.25) is 0 Å². The smallest absolute Gasteiger partial charge is 0.229 e. The molecule has 0 aliphatic carbocycles. The summed E-state index contributed by atoms with van der Waals surface area (Å²) in [7, 11) is 0. The second kappa shape index (κ2) is 8.02. The number of nitrogens with one attached hydrogen (secondary N) is 2. The Kier molecular flexibility index (Phi) is 5.47. The molecule has 0 aliphatic heterocycles. The van der Waals surface area contributed by atoms with Crippen molar-refractivity contribution in [2.24, 2.45) is 0 Å². The Morgan fingerprint density at radius 3 is 2.18 bits per heavy atom. The van der Waals surface area contributed by atoms with Gasteiger partial charge in [-0.25, -0.2) is 4.98 Å². The van der Waals surface area contributed by atoms with Crippen molar-refractivity contribution >= 4 is 80.4 Å². The van der Waals surface area contributed by atoms with E-state index >= 15 is 0 Å². The highest BCUT2D eigenvalue weighted by Crippen LogP contribution is 2.32. The molecule has 4 rings (SSSR count). The Bertz CT molecular complexity index is 1160. The van der Waals surface area contributed by atoms with Crippen molar-refractivity contribution < 1.29 is 0 Å². The summed E-state index contributed by atoms with van der Waals surface area (Å²) in [6, 6.07) is 18.0. The molecule has 1 aromatic heterocycles. The van der Waals surface area contributed by atoms with Crippen LogP contribution in [0.2, 0.25) is 20.1 Å². The van der Waals surface area contributed by atoms with Crippen molar-refractivity contribution in [1.29, 1.82) is 0 Å². The van der Waals surface area contributed by atoms with Gasteiger partial charge in [0.05, 0.1) is 16.2 Å². The monoisotopic (exact) mass is 448 g/mol. The van der Waals surface area contributed by atoms with Crippen LogP contribution < -0.4 is 10.6 Å². The maximum absolute atomic E-state index is 6.30. The van der Waals surface area contributed by atoms with E-state index in [0.717, 1.165) is 10.9 Å². The molecule has 0 saturated carbocycles. The summed E-state index contributed by atoms with van der Waals surface area (Å²) in [5.74, 6) is 0.995. The number of para-hydroxylation sites is 1. The number of hydrogen-bond donors (Lipinski definition) is 2. The van der Waals surface area contributed by atoms with Gasteiger partial charge in [-0.1, -0.05) is 58.5 Å². The lowest BCUT2D eigenvalue weighted by molar-refractivity contribution is 1.21. The van der Waals surface area contributed by atoms with Crippen molar-refractivity contribution in [1.82, 2.24) is 9.97 Å². The molecule has 0 aliphatic rings. The lowest BCUT2D eigenvalue weighted by Crippen LogP contribution is -2.02. The molecule has 28 heavy (non-hydrogen) atoms. The Morgan fingerprint density at radius 1 is 0.679 bits per heavy atom. The highest BCUT2D eigenvalue weighted by atomic mass is 35.5. The summed E-state index contributed by atoms with van der Waals surface area (Å²) in [5.41, 5.74) is 2.13. The number of anilines is 4. The van der Waals surface area contributed by atoms with E-state index in [1.165, 1.54) is 0 Å². The predicted molar refractivity (Wildman–Crippen MR) is 119 cm³/mol. The van der Waals surface area contributed by atoms with E-state index in [-0.39, 0.29) is 0 Å². The van der Waals surface area contributed by atoms with Crippen LogP contribution in [-0.2, 0) is 0 Å². The fraction of sp³-hybridized carbons (Fsp3) is 0. The molecular formula is C20H12Cl4N4. The third-order valence-corrected chi connectivity index (χ3v) is 4.89. The predicted octanol–water partition coefficient (Wildman–Crippen LogP) is 7.73. The standard InChI is InChI=1S/C20H12Cl4N4/c21-11-5-6-18(16(24)10-11)26-19-15-3-1-2-4-17(15)27-20(28-19)25-14-8-12(22)7-13(23)9-14/h1-10H,(H2,25,26,27,28). The molecule has 3 aromatic carbocycles. The van der Waals surface area contributed by atoms with E-state index in [1.807, 2.05) is 24.3 Å². The molecule has 0 amide bonds. The maximum Gasteiger partial charge on any atom is 0.229 e. The average molecular weight is 450 g/mol. The molecule has 4 nitrogen and oxygen atoms in total. The van der Waals surface area contributed by atoms with Gasteiger partial charge >= 0.3 is 0 Å². The van der Waals surface area contributed by atoms with Crippen molar-refractivity contribution in [2.75, 3.05) is 10.6 Å². The first-order valence-electron chi connectivity index (χ1n) is 8.20. The van der Waals surface area contributed by atoms with Crippen molar-refractivity contribution in [3.63, 3.8) is 0 Å². The van der Waals surface area contributed by atoms with Gasteiger partial charge in [-0.05, 0) is 48.5 Å². The topological polar surface area (TPSA) is 49.8 Å². The summed E-state index contributed by atoms with van der Waals surface area (Å²) in [6.45, 7) is 0. The lowest BCUT2D eigenvalue weighted by atomic mass is 10.2. The number of nitrogens with zero attached hydrogens (tertiary/aromatic N) is 2. The van der Waals surface area contributed by atoms with Crippen LogP contribution in [0.4, 0.5) is 23.1 Å². The molecule has 4 aromatic rings. The number of halogens is 4. The van der Waals surface area contributed by atoms with E-state index in [4.69, 9.17) is 46.4 Å². The molecule has 0 unspecified atom stereocenters. The first-order chi connectivity index (χ1) is 13.5. The number of hydrogen-bond acceptors (Lipinski definition) is 4. The fourth-order valence-corrected chi connectivity index (χ4v) is 3.68. The van der Waals surface area contributed by atoms with Crippen LogP contribution in [0.3, 0.4) is 0 Å². The van der Waals surface area contributed by atoms with E-state index in [9.17, 15) is 0 Å². The van der Waals surface area contributed by atoms with Crippen LogP contribution in [0.25, 0.3) is 10.9 Å². The third kappa shape index (κ3) is 4.26. The molecular weight excluding hydrogens is 438 g/mol. The van der Waals surface area contributed by atoms with Gasteiger partial charge in [0.2, 0.25) is 5.95 Å². The fourth-order valence-electron chi connectivity index (χ4n) is 2.70. The number of rotatable bonds is 4. The largest absolute Gasteiger partial charge is 0.338 e. The zero-order valence-corrected chi connectivity index (χ0v) is 17.2. The molecule has 0 radical (unpaired) electrons. The third-order valence-electron chi connectivity index (χ3n) is 3.91. The van der Waals surface area contributed by atoms with Gasteiger partial charge in [0, 0.05) is 26.1 Å². The summed E-state index contributed by atoms with van der Waals surface area (Å²) >= 11 is 24.4. The minimum Gasteiger partial charge on any atom is -0.338 e. The molecule has 0 bridgehead atoms. The lowest BCUT2D eigenvalue weighted by Gasteiger charge is -2.13. The molecule has 8 heteroatoms. The highest BCUT2D eigenvalue weighted by molar-refractivity contribution is 6.36. The van der Waals surface area contributed by atoms with Gasteiger partial charge in [-0.15, -0.1) is 0 Å². The Morgan fingerprint density at radius 2 is 1.43 bits per heavy atom. The summed E-state index contributed by atoms with van der Waals surface area (Å²) in [5, 5.41) is 9.33. The quantitative estimate of drug-likeness (QED) is 0.334. The Balaban J connectivity index is 1.76. The number of fused-ring (bicyclic) bond motifs is 1. The normalized spacial score (nSPS) is 10.9. The second-order valence-corrected chi connectivity index (χ2v) is 7.66. The van der Waals surface area contributed by atoms with E-state index in [1.54, 1.807) is 36.4 Å². The summed E-state index contributed by atoms with van der Waals surface area (Å²) < 4.78 is 0. The number of aromatic nitrogens is 2. The first kappa shape index (κ1) is 19.1. The molecule has 0 saturated heterocycles. The summed E-state index contributed by atoms with van der Waals surface area (Å²) in [4.78, 5) is 9.17. The average Bonchev–Trinajstić information content (AvgIpc) is 2.63. The van der Waals surface area contributed by atoms with Crippen LogP contribution in [0.5, 0.6) is 0 Å². The molecule has 1 heterocycles. The zero-order valence-electron chi connectivity index (χ0n) is 14.2. The van der Waals surface area contributed by atoms with Gasteiger partial charge in [0.15, 0.2) is 0 Å². The maximum atomic E-state index is 6.30. The first-order valence-corrected chi connectivity index (χ1v) is 9.71. The minimum absolute atomic E-state index is 0.393. The van der Waals surface area contributed by atoms with Gasteiger partial charge in [0.1, 0.15) is 5.82 Å². The Labute approximate surface area is 181 Å². The van der Waals surface area contributed by atoms with Crippen LogP contribution in [-0.4, -0.2) is 9.97 Å². The van der Waals surface area contributed by atoms with E-state index in [2.05, 4.69) is 20.6 Å². The zero-order chi connectivity index (χ0) is 19.7. The van der Waals surface area contributed by atoms with Crippen LogP contribution in [0.1, 0.15) is 0 Å². The second-order valence-electron chi connectivity index (χ2n) is 5.95. The minimum atomic E-state index is 0.393. The van der Waals surface area contributed by atoms with Crippen LogP contribution >= 0.6 is 46.4 Å². The van der Waals surface area contributed by atoms with Crippen molar-refractivity contribution in [3.05, 3.63) is 80.8 Å². The van der Waals surface area contributed by atoms with Crippen LogP contribution in [0.15, 0.2) is 60.7 Å². The molecule has 0 spiro atoms. The van der Waals surface area contributed by atoms with Crippen molar-refractivity contribution in [2.45, 2.75) is 0 Å².